The van der Waals surface area contributed by atoms with Gasteiger partial charge in [-0.3, -0.25) is 4.79 Å². The Balaban J connectivity index is 0.000000185. The number of hydrogen-bond donors (Lipinski definition) is 2. The molecule has 5 heteroatoms. The van der Waals surface area contributed by atoms with E-state index in [0.717, 1.165) is 11.3 Å². The van der Waals surface area contributed by atoms with Crippen molar-refractivity contribution in [2.45, 2.75) is 46.5 Å². The molecule has 1 amide bonds. The van der Waals surface area contributed by atoms with Gasteiger partial charge >= 0.3 is 0 Å². The van der Waals surface area contributed by atoms with Crippen LogP contribution in [0.2, 0.25) is 10.0 Å². The Kier molecular flexibility index (Phi) is 5.64. The predicted molar refractivity (Wildman–Crippen MR) is 98.2 cm³/mol. The number of primary amides is 1. The van der Waals surface area contributed by atoms with E-state index >= 15 is 0 Å². The SMILES string of the molecule is CC1CCCC(C)(C)C1.NC(=O)c1cc2c(Cl)cc(Cl)cc2[nH]1. The van der Waals surface area contributed by atoms with Crippen molar-refractivity contribution in [2.24, 2.45) is 17.1 Å². The number of carbonyl (C=O) groups is 1. The van der Waals surface area contributed by atoms with Gasteiger partial charge in [0.2, 0.25) is 0 Å². The highest BCUT2D eigenvalue weighted by atomic mass is 35.5. The number of halogens is 2. The second-order valence-corrected chi connectivity index (χ2v) is 8.11. The molecule has 0 saturated heterocycles. The lowest BCUT2D eigenvalue weighted by atomic mass is 9.73. The number of nitrogens with one attached hydrogen (secondary N) is 1. The van der Waals surface area contributed by atoms with Gasteiger partial charge in [-0.1, -0.05) is 56.8 Å². The number of nitrogens with two attached hydrogens (primary N) is 1. The van der Waals surface area contributed by atoms with Crippen molar-refractivity contribution in [3.63, 3.8) is 0 Å². The summed E-state index contributed by atoms with van der Waals surface area (Å²) in [6.07, 6.45) is 5.79. The summed E-state index contributed by atoms with van der Waals surface area (Å²) in [6, 6.07) is 4.91. The molecule has 1 aromatic heterocycles. The smallest absolute Gasteiger partial charge is 0.265 e. The molecule has 1 aromatic carbocycles. The van der Waals surface area contributed by atoms with Gasteiger partial charge in [0.25, 0.3) is 5.91 Å². The second kappa shape index (κ2) is 7.14. The molecule has 23 heavy (non-hydrogen) atoms. The summed E-state index contributed by atoms with van der Waals surface area (Å²) in [5, 5.41) is 1.75. The Hall–Kier alpha value is -1.19. The number of hydrogen-bond acceptors (Lipinski definition) is 1. The quantitative estimate of drug-likeness (QED) is 0.668. The molecular formula is C18H24Cl2N2O. The lowest BCUT2D eigenvalue weighted by molar-refractivity contribution is 0.0996. The molecule has 0 bridgehead atoms. The summed E-state index contributed by atoms with van der Waals surface area (Å²) in [4.78, 5) is 13.7. The lowest BCUT2D eigenvalue weighted by Gasteiger charge is -2.33. The highest BCUT2D eigenvalue weighted by Gasteiger charge is 2.24. The minimum absolute atomic E-state index is 0.323. The highest BCUT2D eigenvalue weighted by Crippen LogP contribution is 2.37. The summed E-state index contributed by atoms with van der Waals surface area (Å²) in [7, 11) is 0. The van der Waals surface area contributed by atoms with Crippen molar-refractivity contribution in [1.82, 2.24) is 4.98 Å². The standard InChI is InChI=1S/C9H6Cl2N2O.C9H18/c10-4-1-6(11)5-3-8(9(12)14)13-7(5)2-4;1-8-5-4-6-9(2,3)7-8/h1-3,13H,(H2,12,14);8H,4-7H2,1-3H3. The van der Waals surface area contributed by atoms with Crippen molar-refractivity contribution in [2.75, 3.05) is 0 Å². The maximum atomic E-state index is 10.9. The van der Waals surface area contributed by atoms with Crippen LogP contribution in [0.4, 0.5) is 0 Å². The van der Waals surface area contributed by atoms with Gasteiger partial charge in [-0.15, -0.1) is 0 Å². The van der Waals surface area contributed by atoms with Crippen molar-refractivity contribution in [3.05, 3.63) is 33.9 Å². The van der Waals surface area contributed by atoms with Crippen molar-refractivity contribution < 1.29 is 4.79 Å². The van der Waals surface area contributed by atoms with Crippen LogP contribution in [0.1, 0.15) is 56.9 Å². The molecule has 0 spiro atoms. The number of H-pyrrole nitrogens is 1. The van der Waals surface area contributed by atoms with Crippen molar-refractivity contribution >= 4 is 40.0 Å². The van der Waals surface area contributed by atoms with E-state index in [0.29, 0.717) is 26.7 Å². The second-order valence-electron chi connectivity index (χ2n) is 7.26. The van der Waals surface area contributed by atoms with Gasteiger partial charge in [0.1, 0.15) is 5.69 Å². The van der Waals surface area contributed by atoms with Crippen LogP contribution in [-0.2, 0) is 0 Å². The molecular weight excluding hydrogens is 331 g/mol. The summed E-state index contributed by atoms with van der Waals surface area (Å²) in [6.45, 7) is 7.16. The molecule has 1 atom stereocenters. The topological polar surface area (TPSA) is 58.9 Å². The molecule has 126 valence electrons. The molecule has 1 aliphatic carbocycles. The van der Waals surface area contributed by atoms with Crippen molar-refractivity contribution in [3.8, 4) is 0 Å². The maximum Gasteiger partial charge on any atom is 0.265 e. The Bertz CT molecular complexity index is 706. The van der Waals surface area contributed by atoms with Crippen LogP contribution in [-0.4, -0.2) is 10.9 Å². The molecule has 0 radical (unpaired) electrons. The number of aromatic nitrogens is 1. The summed E-state index contributed by atoms with van der Waals surface area (Å²) < 4.78 is 0. The number of fused-ring (bicyclic) bond motifs is 1. The fourth-order valence-electron chi connectivity index (χ4n) is 3.37. The first-order valence-electron chi connectivity index (χ1n) is 7.95. The molecule has 3 rings (SSSR count). The van der Waals surface area contributed by atoms with Gasteiger partial charge in [0.15, 0.2) is 0 Å². The number of aromatic amines is 1. The van der Waals surface area contributed by atoms with E-state index in [1.165, 1.54) is 25.7 Å². The Labute approximate surface area is 147 Å². The van der Waals surface area contributed by atoms with Gasteiger partial charge in [-0.05, 0) is 42.4 Å². The van der Waals surface area contributed by atoms with E-state index in [2.05, 4.69) is 25.8 Å². The zero-order valence-electron chi connectivity index (χ0n) is 13.9. The highest BCUT2D eigenvalue weighted by molar-refractivity contribution is 6.38. The Morgan fingerprint density at radius 3 is 2.52 bits per heavy atom. The van der Waals surface area contributed by atoms with Gasteiger partial charge in [0, 0.05) is 15.9 Å². The Morgan fingerprint density at radius 2 is 2.00 bits per heavy atom. The number of carbonyl (C=O) groups excluding carboxylic acids is 1. The minimum atomic E-state index is -0.520. The predicted octanol–water partition coefficient (Wildman–Crippen LogP) is 5.80. The first-order valence-corrected chi connectivity index (χ1v) is 8.71. The summed E-state index contributed by atoms with van der Waals surface area (Å²) >= 11 is 11.7. The molecule has 3 nitrogen and oxygen atoms in total. The van der Waals surface area contributed by atoms with E-state index in [-0.39, 0.29) is 0 Å². The Morgan fingerprint density at radius 1 is 1.30 bits per heavy atom. The number of rotatable bonds is 1. The molecule has 1 fully saturated rings. The van der Waals surface area contributed by atoms with Gasteiger partial charge in [-0.25, -0.2) is 0 Å². The van der Waals surface area contributed by atoms with Crippen LogP contribution in [0.25, 0.3) is 10.9 Å². The fraction of sp³-hybridized carbons (Fsp3) is 0.500. The first-order chi connectivity index (χ1) is 10.7. The van der Waals surface area contributed by atoms with E-state index < -0.39 is 5.91 Å². The van der Waals surface area contributed by atoms with Gasteiger partial charge < -0.3 is 10.7 Å². The summed E-state index contributed by atoms with van der Waals surface area (Å²) in [5.74, 6) is 0.460. The molecule has 3 N–H and O–H groups in total. The van der Waals surface area contributed by atoms with E-state index in [9.17, 15) is 4.79 Å². The third kappa shape index (κ3) is 4.89. The molecule has 1 saturated carbocycles. The third-order valence-corrected chi connectivity index (χ3v) is 4.90. The van der Waals surface area contributed by atoms with Crippen LogP contribution in [0.3, 0.4) is 0 Å². The molecule has 1 heterocycles. The van der Waals surface area contributed by atoms with Gasteiger partial charge in [0.05, 0.1) is 5.02 Å². The minimum Gasteiger partial charge on any atom is -0.364 e. The molecule has 2 aromatic rings. The average molecular weight is 355 g/mol. The third-order valence-electron chi connectivity index (χ3n) is 4.37. The van der Waals surface area contributed by atoms with E-state index in [1.807, 2.05) is 0 Å². The van der Waals surface area contributed by atoms with Crippen LogP contribution in [0.5, 0.6) is 0 Å². The monoisotopic (exact) mass is 354 g/mol. The van der Waals surface area contributed by atoms with Crippen LogP contribution in [0.15, 0.2) is 18.2 Å². The molecule has 0 aliphatic heterocycles. The summed E-state index contributed by atoms with van der Waals surface area (Å²) in [5.41, 5.74) is 6.80. The normalized spacial score (nSPS) is 20.0. The van der Waals surface area contributed by atoms with E-state index in [4.69, 9.17) is 28.9 Å². The van der Waals surface area contributed by atoms with Crippen LogP contribution < -0.4 is 5.73 Å². The fourth-order valence-corrected chi connectivity index (χ4v) is 3.92. The largest absolute Gasteiger partial charge is 0.364 e. The maximum absolute atomic E-state index is 10.9. The van der Waals surface area contributed by atoms with Gasteiger partial charge in [-0.2, -0.15) is 0 Å². The zero-order chi connectivity index (χ0) is 17.2. The molecule has 1 unspecified atom stereocenters. The number of amides is 1. The van der Waals surface area contributed by atoms with Crippen LogP contribution >= 0.6 is 23.2 Å². The first kappa shape index (κ1) is 18.2. The van der Waals surface area contributed by atoms with Crippen LogP contribution in [0, 0.1) is 11.3 Å². The average Bonchev–Trinajstić information content (AvgIpc) is 2.82. The molecule has 1 aliphatic rings. The van der Waals surface area contributed by atoms with Crippen molar-refractivity contribution in [1.29, 1.82) is 0 Å². The lowest BCUT2D eigenvalue weighted by Crippen LogP contribution is -2.20. The zero-order valence-corrected chi connectivity index (χ0v) is 15.4. The van der Waals surface area contributed by atoms with E-state index in [1.54, 1.807) is 18.2 Å². The number of benzene rings is 1.